The van der Waals surface area contributed by atoms with Gasteiger partial charge in [-0.2, -0.15) is 0 Å². The molecule has 0 fully saturated rings. The van der Waals surface area contributed by atoms with E-state index in [-0.39, 0.29) is 0 Å². The highest BCUT2D eigenvalue weighted by molar-refractivity contribution is 6.68. The van der Waals surface area contributed by atoms with Crippen LogP contribution in [0.1, 0.15) is 10.5 Å². The van der Waals surface area contributed by atoms with Crippen LogP contribution < -0.4 is 11.2 Å². The number of rotatable bonds is 1. The normalized spacial score (nSPS) is 9.83. The molecule has 0 aliphatic carbocycles. The lowest BCUT2D eigenvalue weighted by Gasteiger charge is -1.94. The number of carbonyl (C=O) groups is 1. The Labute approximate surface area is 75.3 Å². The van der Waals surface area contributed by atoms with Crippen molar-refractivity contribution in [1.29, 1.82) is 0 Å². The molecule has 1 aromatic rings. The zero-order valence-electron chi connectivity index (χ0n) is 5.48. The van der Waals surface area contributed by atoms with Gasteiger partial charge in [0.05, 0.1) is 0 Å². The van der Waals surface area contributed by atoms with Crippen molar-refractivity contribution in [3.63, 3.8) is 0 Å². The molecule has 7 heteroatoms. The molecule has 1 heterocycles. The van der Waals surface area contributed by atoms with E-state index in [0.29, 0.717) is 0 Å². The second kappa shape index (κ2) is 3.12. The highest BCUT2D eigenvalue weighted by atomic mass is 35.5. The Hall–Kier alpha value is -1.07. The molecule has 0 atom stereocenters. The predicted octanol–water partition coefficient (Wildman–Crippen LogP) is 0.0956. The smallest absolute Gasteiger partial charge is 0.302 e. The Balaban J connectivity index is 3.59. The number of carbonyl (C=O) groups excluding carboxylic acids is 1. The van der Waals surface area contributed by atoms with E-state index in [1.807, 2.05) is 9.97 Å². The average Bonchev–Trinajstić information content (AvgIpc) is 1.96. The first kappa shape index (κ1) is 9.02. The molecule has 0 aromatic carbocycles. The standard InChI is InChI=1S/C5H2Cl2N2O3/c6-1-2(3(7)10)8-5(12)9-4(1)11/h(H2,8,9,11,12). The largest absolute Gasteiger partial charge is 0.326 e. The molecular formula is C5H2Cl2N2O3. The van der Waals surface area contributed by atoms with Crippen LogP contribution in [0.2, 0.25) is 5.02 Å². The van der Waals surface area contributed by atoms with Crippen LogP contribution in [0.3, 0.4) is 0 Å². The lowest BCUT2D eigenvalue weighted by molar-refractivity contribution is 0.107. The number of hydrogen-bond acceptors (Lipinski definition) is 3. The van der Waals surface area contributed by atoms with Gasteiger partial charge in [0, 0.05) is 0 Å². The maximum Gasteiger partial charge on any atom is 0.326 e. The van der Waals surface area contributed by atoms with Crippen LogP contribution in [-0.2, 0) is 0 Å². The maximum absolute atomic E-state index is 10.7. The van der Waals surface area contributed by atoms with Gasteiger partial charge < -0.3 is 4.98 Å². The first-order valence-electron chi connectivity index (χ1n) is 2.74. The summed E-state index contributed by atoms with van der Waals surface area (Å²) < 4.78 is 0. The molecule has 2 N–H and O–H groups in total. The van der Waals surface area contributed by atoms with Crippen LogP contribution >= 0.6 is 23.2 Å². The molecule has 1 rings (SSSR count). The molecule has 0 radical (unpaired) electrons. The maximum atomic E-state index is 10.7. The van der Waals surface area contributed by atoms with Crippen LogP contribution in [0.4, 0.5) is 0 Å². The van der Waals surface area contributed by atoms with E-state index in [4.69, 9.17) is 23.2 Å². The summed E-state index contributed by atoms with van der Waals surface area (Å²) in [6, 6.07) is 0. The lowest BCUT2D eigenvalue weighted by Crippen LogP contribution is -2.25. The van der Waals surface area contributed by atoms with E-state index >= 15 is 0 Å². The summed E-state index contributed by atoms with van der Waals surface area (Å²) in [7, 11) is 0. The van der Waals surface area contributed by atoms with Crippen LogP contribution in [0.15, 0.2) is 9.59 Å². The van der Waals surface area contributed by atoms with Crippen molar-refractivity contribution in [1.82, 2.24) is 9.97 Å². The third-order valence-electron chi connectivity index (χ3n) is 1.08. The fourth-order valence-electron chi connectivity index (χ4n) is 0.607. The summed E-state index contributed by atoms with van der Waals surface area (Å²) in [5.41, 5.74) is -2.06. The molecule has 0 aliphatic heterocycles. The van der Waals surface area contributed by atoms with Gasteiger partial charge in [0.15, 0.2) is 0 Å². The minimum atomic E-state index is -0.983. The third-order valence-corrected chi connectivity index (χ3v) is 1.63. The minimum Gasteiger partial charge on any atom is -0.302 e. The van der Waals surface area contributed by atoms with Crippen LogP contribution in [0, 0.1) is 0 Å². The van der Waals surface area contributed by atoms with Crippen LogP contribution in [0.5, 0.6) is 0 Å². The van der Waals surface area contributed by atoms with Crippen LogP contribution in [-0.4, -0.2) is 15.2 Å². The molecule has 0 amide bonds. The van der Waals surface area contributed by atoms with Crippen molar-refractivity contribution >= 4 is 28.4 Å². The Bertz CT molecular complexity index is 433. The Morgan fingerprint density at radius 2 is 1.83 bits per heavy atom. The predicted molar refractivity (Wildman–Crippen MR) is 42.9 cm³/mol. The Kier molecular flexibility index (Phi) is 2.35. The van der Waals surface area contributed by atoms with Crippen molar-refractivity contribution in [2.24, 2.45) is 0 Å². The Morgan fingerprint density at radius 3 is 2.33 bits per heavy atom. The van der Waals surface area contributed by atoms with Gasteiger partial charge in [0.1, 0.15) is 10.7 Å². The van der Waals surface area contributed by atoms with Gasteiger partial charge in [-0.3, -0.25) is 14.6 Å². The van der Waals surface area contributed by atoms with Gasteiger partial charge in [0.2, 0.25) is 0 Å². The molecule has 1 aromatic heterocycles. The first-order chi connectivity index (χ1) is 5.52. The van der Waals surface area contributed by atoms with Gasteiger partial charge in [-0.15, -0.1) is 0 Å². The molecule has 64 valence electrons. The molecule has 0 bridgehead atoms. The topological polar surface area (TPSA) is 82.8 Å². The molecular weight excluding hydrogens is 207 g/mol. The SMILES string of the molecule is O=C(Cl)c1[nH]c(=O)[nH]c(=O)c1Cl. The number of nitrogens with one attached hydrogen (secondary N) is 2. The summed E-state index contributed by atoms with van der Waals surface area (Å²) in [5.74, 6) is 0. The van der Waals surface area contributed by atoms with Crippen molar-refractivity contribution in [2.45, 2.75) is 0 Å². The number of aromatic nitrogens is 2. The summed E-state index contributed by atoms with van der Waals surface area (Å²) in [5, 5.41) is -1.40. The second-order valence-electron chi connectivity index (χ2n) is 1.87. The van der Waals surface area contributed by atoms with Gasteiger partial charge >= 0.3 is 5.69 Å². The van der Waals surface area contributed by atoms with E-state index in [1.54, 1.807) is 0 Å². The van der Waals surface area contributed by atoms with Crippen molar-refractivity contribution in [3.05, 3.63) is 31.6 Å². The number of aromatic amines is 2. The number of hydrogen-bond donors (Lipinski definition) is 2. The Morgan fingerprint density at radius 1 is 1.25 bits per heavy atom. The lowest BCUT2D eigenvalue weighted by atomic mass is 10.4. The molecule has 0 unspecified atom stereocenters. The summed E-state index contributed by atoms with van der Waals surface area (Å²) in [6.45, 7) is 0. The van der Waals surface area contributed by atoms with E-state index in [2.05, 4.69) is 0 Å². The fourth-order valence-corrected chi connectivity index (χ4v) is 0.977. The molecule has 0 spiro atoms. The molecule has 0 saturated carbocycles. The quantitative estimate of drug-likeness (QED) is 0.643. The van der Waals surface area contributed by atoms with E-state index < -0.39 is 27.2 Å². The highest BCUT2D eigenvalue weighted by Crippen LogP contribution is 2.07. The zero-order valence-corrected chi connectivity index (χ0v) is 6.99. The van der Waals surface area contributed by atoms with Gasteiger partial charge in [0.25, 0.3) is 10.8 Å². The van der Waals surface area contributed by atoms with E-state index in [0.717, 1.165) is 0 Å². The van der Waals surface area contributed by atoms with E-state index in [9.17, 15) is 14.4 Å². The molecule has 0 aliphatic rings. The summed E-state index contributed by atoms with van der Waals surface area (Å²) in [4.78, 5) is 35.7. The molecule has 0 saturated heterocycles. The summed E-state index contributed by atoms with van der Waals surface area (Å²) >= 11 is 10.3. The van der Waals surface area contributed by atoms with Crippen LogP contribution in [0.25, 0.3) is 0 Å². The minimum absolute atomic E-state index is 0.396. The fraction of sp³-hybridized carbons (Fsp3) is 0. The molecule has 5 nitrogen and oxygen atoms in total. The summed E-state index contributed by atoms with van der Waals surface area (Å²) in [6.07, 6.45) is 0. The van der Waals surface area contributed by atoms with Gasteiger partial charge in [-0.25, -0.2) is 4.79 Å². The first-order valence-corrected chi connectivity index (χ1v) is 3.50. The number of H-pyrrole nitrogens is 2. The van der Waals surface area contributed by atoms with E-state index in [1.165, 1.54) is 0 Å². The van der Waals surface area contributed by atoms with Crippen molar-refractivity contribution in [3.8, 4) is 0 Å². The second-order valence-corrected chi connectivity index (χ2v) is 2.59. The van der Waals surface area contributed by atoms with Gasteiger partial charge in [-0.05, 0) is 11.6 Å². The highest BCUT2D eigenvalue weighted by Gasteiger charge is 2.11. The number of halogens is 2. The monoisotopic (exact) mass is 208 g/mol. The molecule has 12 heavy (non-hydrogen) atoms. The third kappa shape index (κ3) is 1.57. The van der Waals surface area contributed by atoms with Gasteiger partial charge in [-0.1, -0.05) is 11.6 Å². The average molecular weight is 209 g/mol. The zero-order chi connectivity index (χ0) is 9.30. The van der Waals surface area contributed by atoms with Crippen molar-refractivity contribution < 1.29 is 4.79 Å². The van der Waals surface area contributed by atoms with Crippen molar-refractivity contribution in [2.75, 3.05) is 0 Å².